The Hall–Kier alpha value is -2.89. The van der Waals surface area contributed by atoms with Gasteiger partial charge in [-0.05, 0) is 33.1 Å². The SMILES string of the molecule is Cc1nn(C)c(C)c1C(=O)N1CCC(Cn2c(C)cnc2-c2ccccc2)C1. The highest BCUT2D eigenvalue weighted by Crippen LogP contribution is 2.26. The Labute approximate surface area is 165 Å². The summed E-state index contributed by atoms with van der Waals surface area (Å²) in [5.74, 6) is 1.54. The minimum Gasteiger partial charge on any atom is -0.338 e. The molecule has 0 spiro atoms. The fraction of sp³-hybridized carbons (Fsp3) is 0.409. The van der Waals surface area contributed by atoms with Crippen LogP contribution in [-0.2, 0) is 13.6 Å². The first-order chi connectivity index (χ1) is 13.5. The molecule has 1 atom stereocenters. The second kappa shape index (κ2) is 7.26. The summed E-state index contributed by atoms with van der Waals surface area (Å²) in [7, 11) is 1.89. The van der Waals surface area contributed by atoms with Crippen molar-refractivity contribution in [3.63, 3.8) is 0 Å². The molecule has 1 amide bonds. The second-order valence-corrected chi connectivity index (χ2v) is 7.78. The molecule has 2 aromatic heterocycles. The molecule has 1 fully saturated rings. The third kappa shape index (κ3) is 3.23. The number of imidazole rings is 1. The van der Waals surface area contributed by atoms with Crippen molar-refractivity contribution in [3.05, 3.63) is 59.2 Å². The maximum Gasteiger partial charge on any atom is 0.257 e. The van der Waals surface area contributed by atoms with Crippen molar-refractivity contribution in [1.29, 1.82) is 0 Å². The molecule has 146 valence electrons. The van der Waals surface area contributed by atoms with Gasteiger partial charge in [-0.3, -0.25) is 9.48 Å². The van der Waals surface area contributed by atoms with Crippen molar-refractivity contribution in [2.75, 3.05) is 13.1 Å². The smallest absolute Gasteiger partial charge is 0.257 e. The highest BCUT2D eigenvalue weighted by atomic mass is 16.2. The van der Waals surface area contributed by atoms with Gasteiger partial charge in [0.1, 0.15) is 5.82 Å². The van der Waals surface area contributed by atoms with Crippen LogP contribution in [0.4, 0.5) is 0 Å². The first-order valence-corrected chi connectivity index (χ1v) is 9.82. The monoisotopic (exact) mass is 377 g/mol. The lowest BCUT2D eigenvalue weighted by Crippen LogP contribution is -2.30. The molecule has 1 aromatic carbocycles. The third-order valence-corrected chi connectivity index (χ3v) is 5.82. The summed E-state index contributed by atoms with van der Waals surface area (Å²) in [6.45, 7) is 8.42. The number of aryl methyl sites for hydroxylation is 3. The Morgan fingerprint density at radius 1 is 1.18 bits per heavy atom. The van der Waals surface area contributed by atoms with Crippen LogP contribution in [0.5, 0.6) is 0 Å². The number of carbonyl (C=O) groups is 1. The molecule has 0 radical (unpaired) electrons. The topological polar surface area (TPSA) is 56.0 Å². The molecule has 4 rings (SSSR count). The lowest BCUT2D eigenvalue weighted by molar-refractivity contribution is 0.0784. The number of nitrogens with zero attached hydrogens (tertiary/aromatic N) is 5. The summed E-state index contributed by atoms with van der Waals surface area (Å²) in [5.41, 5.74) is 4.78. The molecule has 0 saturated carbocycles. The van der Waals surface area contributed by atoms with Crippen LogP contribution in [0.1, 0.15) is 33.9 Å². The summed E-state index contributed by atoms with van der Waals surface area (Å²) >= 11 is 0. The van der Waals surface area contributed by atoms with Crippen molar-refractivity contribution in [3.8, 4) is 11.4 Å². The number of rotatable bonds is 4. The van der Waals surface area contributed by atoms with Crippen LogP contribution in [0, 0.1) is 26.7 Å². The molecule has 3 heterocycles. The average Bonchev–Trinajstić information content (AvgIpc) is 3.36. The van der Waals surface area contributed by atoms with Gasteiger partial charge in [-0.2, -0.15) is 5.10 Å². The standard InChI is InChI=1S/C22H27N5O/c1-15-12-23-21(19-8-6-5-7-9-19)27(15)14-18-10-11-26(13-18)22(28)20-16(2)24-25(4)17(20)3/h5-9,12,18H,10-11,13-14H2,1-4H3. The van der Waals surface area contributed by atoms with E-state index in [1.54, 1.807) is 4.68 Å². The Morgan fingerprint density at radius 2 is 1.93 bits per heavy atom. The van der Waals surface area contributed by atoms with E-state index >= 15 is 0 Å². The van der Waals surface area contributed by atoms with Gasteiger partial charge in [0.15, 0.2) is 0 Å². The molecule has 6 nitrogen and oxygen atoms in total. The molecule has 28 heavy (non-hydrogen) atoms. The third-order valence-electron chi connectivity index (χ3n) is 5.82. The van der Waals surface area contributed by atoms with E-state index < -0.39 is 0 Å². The Bertz CT molecular complexity index is 1000. The van der Waals surface area contributed by atoms with E-state index in [2.05, 4.69) is 33.7 Å². The predicted octanol–water partition coefficient (Wildman–Crippen LogP) is 3.37. The average molecular weight is 377 g/mol. The molecule has 0 bridgehead atoms. The normalized spacial score (nSPS) is 16.7. The van der Waals surface area contributed by atoms with Crippen molar-refractivity contribution < 1.29 is 4.79 Å². The highest BCUT2D eigenvalue weighted by molar-refractivity contribution is 5.96. The Kier molecular flexibility index (Phi) is 4.79. The van der Waals surface area contributed by atoms with Gasteiger partial charge in [0.2, 0.25) is 0 Å². The number of aromatic nitrogens is 4. The summed E-state index contributed by atoms with van der Waals surface area (Å²) in [5, 5.41) is 4.40. The summed E-state index contributed by atoms with van der Waals surface area (Å²) in [4.78, 5) is 19.7. The van der Waals surface area contributed by atoms with E-state index in [-0.39, 0.29) is 5.91 Å². The van der Waals surface area contributed by atoms with Crippen LogP contribution in [0.15, 0.2) is 36.5 Å². The number of likely N-dealkylation sites (tertiary alicyclic amines) is 1. The van der Waals surface area contributed by atoms with Crippen molar-refractivity contribution in [1.82, 2.24) is 24.2 Å². The maximum absolute atomic E-state index is 13.1. The maximum atomic E-state index is 13.1. The second-order valence-electron chi connectivity index (χ2n) is 7.78. The first kappa shape index (κ1) is 18.5. The minimum absolute atomic E-state index is 0.108. The Balaban J connectivity index is 1.50. The van der Waals surface area contributed by atoms with E-state index in [1.807, 2.05) is 50.2 Å². The quantitative estimate of drug-likeness (QED) is 0.700. The largest absolute Gasteiger partial charge is 0.338 e. The zero-order valence-electron chi connectivity index (χ0n) is 17.0. The lowest BCUT2D eigenvalue weighted by Gasteiger charge is -2.18. The molecular formula is C22H27N5O. The first-order valence-electron chi connectivity index (χ1n) is 9.82. The minimum atomic E-state index is 0.108. The van der Waals surface area contributed by atoms with Crippen molar-refractivity contribution in [2.24, 2.45) is 13.0 Å². The number of amides is 1. The summed E-state index contributed by atoms with van der Waals surface area (Å²) < 4.78 is 4.08. The fourth-order valence-electron chi connectivity index (χ4n) is 4.17. The fourth-order valence-corrected chi connectivity index (χ4v) is 4.17. The molecule has 0 N–H and O–H groups in total. The predicted molar refractivity (Wildman–Crippen MR) is 109 cm³/mol. The number of hydrogen-bond acceptors (Lipinski definition) is 3. The summed E-state index contributed by atoms with van der Waals surface area (Å²) in [6, 6.07) is 10.3. The van der Waals surface area contributed by atoms with E-state index in [0.29, 0.717) is 5.92 Å². The van der Waals surface area contributed by atoms with Gasteiger partial charge in [-0.1, -0.05) is 30.3 Å². The molecule has 3 aromatic rings. The van der Waals surface area contributed by atoms with E-state index in [0.717, 1.165) is 60.1 Å². The van der Waals surface area contributed by atoms with Crippen LogP contribution in [0.25, 0.3) is 11.4 Å². The van der Waals surface area contributed by atoms with Crippen molar-refractivity contribution in [2.45, 2.75) is 33.7 Å². The molecule has 6 heteroatoms. The van der Waals surface area contributed by atoms with Gasteiger partial charge < -0.3 is 9.47 Å². The molecule has 1 saturated heterocycles. The molecule has 1 unspecified atom stereocenters. The zero-order chi connectivity index (χ0) is 19.8. The van der Waals surface area contributed by atoms with Crippen LogP contribution < -0.4 is 0 Å². The molecule has 0 aliphatic carbocycles. The number of benzene rings is 1. The number of carbonyl (C=O) groups excluding carboxylic acids is 1. The van der Waals surface area contributed by atoms with Crippen LogP contribution >= 0.6 is 0 Å². The summed E-state index contributed by atoms with van der Waals surface area (Å²) in [6.07, 6.45) is 2.94. The van der Waals surface area contributed by atoms with E-state index in [9.17, 15) is 4.79 Å². The zero-order valence-corrected chi connectivity index (χ0v) is 17.0. The van der Waals surface area contributed by atoms with E-state index in [1.165, 1.54) is 0 Å². The van der Waals surface area contributed by atoms with Crippen molar-refractivity contribution >= 4 is 5.91 Å². The number of hydrogen-bond donors (Lipinski definition) is 0. The highest BCUT2D eigenvalue weighted by Gasteiger charge is 2.30. The van der Waals surface area contributed by atoms with E-state index in [4.69, 9.17) is 0 Å². The van der Waals surface area contributed by atoms with Crippen LogP contribution in [0.3, 0.4) is 0 Å². The van der Waals surface area contributed by atoms with Gasteiger partial charge in [0.05, 0.1) is 11.3 Å². The van der Waals surface area contributed by atoms with Gasteiger partial charge in [-0.15, -0.1) is 0 Å². The molecule has 1 aliphatic rings. The molecule has 1 aliphatic heterocycles. The molecular weight excluding hydrogens is 350 g/mol. The van der Waals surface area contributed by atoms with Gasteiger partial charge in [-0.25, -0.2) is 4.98 Å². The van der Waals surface area contributed by atoms with Gasteiger partial charge >= 0.3 is 0 Å². The van der Waals surface area contributed by atoms with Crippen LogP contribution in [0.2, 0.25) is 0 Å². The lowest BCUT2D eigenvalue weighted by atomic mass is 10.1. The van der Waals surface area contributed by atoms with Crippen LogP contribution in [-0.4, -0.2) is 43.2 Å². The van der Waals surface area contributed by atoms with Gasteiger partial charge in [0, 0.05) is 49.8 Å². The van der Waals surface area contributed by atoms with Gasteiger partial charge in [0.25, 0.3) is 5.91 Å². The Morgan fingerprint density at radius 3 is 2.61 bits per heavy atom.